The molecule has 5 nitrogen and oxygen atoms in total. The molecule has 0 radical (unpaired) electrons. The Hall–Kier alpha value is 0.0169. The summed E-state index contributed by atoms with van der Waals surface area (Å²) in [5, 5.41) is 10.1. The Morgan fingerprint density at radius 2 is 1.76 bits per heavy atom. The van der Waals surface area contributed by atoms with E-state index in [0.29, 0.717) is 0 Å². The van der Waals surface area contributed by atoms with E-state index < -0.39 is 32.6 Å². The first-order chi connectivity index (χ1) is 9.34. The van der Waals surface area contributed by atoms with Gasteiger partial charge in [0.05, 0.1) is 6.10 Å². The van der Waals surface area contributed by atoms with Crippen LogP contribution in [0, 0.1) is 0 Å². The third kappa shape index (κ3) is 3.35. The normalized spacial score (nSPS) is 37.6. The first kappa shape index (κ1) is 17.4. The second-order valence-electron chi connectivity index (χ2n) is 8.15. The van der Waals surface area contributed by atoms with Crippen LogP contribution in [0.15, 0.2) is 0 Å². The molecule has 0 aliphatic carbocycles. The van der Waals surface area contributed by atoms with E-state index in [1.54, 1.807) is 6.92 Å². The number of rotatable bonds is 3. The maximum absolute atomic E-state index is 10.0. The largest absolute Gasteiger partial charge is 0.408 e. The van der Waals surface area contributed by atoms with Crippen LogP contribution in [0.5, 0.6) is 0 Å². The summed E-state index contributed by atoms with van der Waals surface area (Å²) in [5.74, 6) is -0.673. The molecule has 2 aliphatic heterocycles. The first-order valence-corrected chi connectivity index (χ1v) is 10.6. The minimum atomic E-state index is -1.99. The molecule has 5 atom stereocenters. The van der Waals surface area contributed by atoms with E-state index in [-0.39, 0.29) is 17.2 Å². The third-order valence-corrected chi connectivity index (χ3v) is 9.21. The van der Waals surface area contributed by atoms with Gasteiger partial charge in [0.2, 0.25) is 0 Å². The number of aliphatic hydroxyl groups excluding tert-OH is 1. The zero-order valence-electron chi connectivity index (χ0n) is 14.5. The van der Waals surface area contributed by atoms with Crippen LogP contribution in [0.3, 0.4) is 0 Å². The van der Waals surface area contributed by atoms with Gasteiger partial charge in [-0.2, -0.15) is 0 Å². The van der Waals surface area contributed by atoms with Gasteiger partial charge >= 0.3 is 0 Å². The average molecular weight is 318 g/mol. The Labute approximate surface area is 129 Å². The predicted octanol–water partition coefficient (Wildman–Crippen LogP) is 2.63. The van der Waals surface area contributed by atoms with Crippen molar-refractivity contribution in [1.82, 2.24) is 0 Å². The van der Waals surface area contributed by atoms with Crippen LogP contribution in [0.25, 0.3) is 0 Å². The van der Waals surface area contributed by atoms with Gasteiger partial charge in [-0.1, -0.05) is 20.8 Å². The fourth-order valence-electron chi connectivity index (χ4n) is 2.54. The summed E-state index contributed by atoms with van der Waals surface area (Å²) in [5.41, 5.74) is 0. The van der Waals surface area contributed by atoms with E-state index in [2.05, 4.69) is 33.9 Å². The summed E-state index contributed by atoms with van der Waals surface area (Å²) < 4.78 is 24.1. The lowest BCUT2D eigenvalue weighted by Gasteiger charge is -2.40. The van der Waals surface area contributed by atoms with Crippen LogP contribution in [-0.2, 0) is 18.6 Å². The molecule has 6 heteroatoms. The molecule has 0 unspecified atom stereocenters. The summed E-state index contributed by atoms with van der Waals surface area (Å²) in [4.78, 5) is 0. The van der Waals surface area contributed by atoms with Gasteiger partial charge in [0, 0.05) is 0 Å². The standard InChI is InChI=1S/C15H30O5Si/c1-9(16)10-11(20-21(7,8)14(2,3)4)12-13(17-10)19-15(5,6)18-12/h9-13,16H,1-8H3/t9-,10-,11-,12-,13-/m0/s1. The minimum absolute atomic E-state index is 0.0866. The molecule has 2 aliphatic rings. The lowest BCUT2D eigenvalue weighted by Crippen LogP contribution is -2.51. The number of ether oxygens (including phenoxy) is 3. The van der Waals surface area contributed by atoms with Crippen LogP contribution in [-0.4, -0.2) is 49.9 Å². The van der Waals surface area contributed by atoms with Crippen LogP contribution in [0.4, 0.5) is 0 Å². The Morgan fingerprint density at radius 1 is 1.19 bits per heavy atom. The van der Waals surface area contributed by atoms with E-state index >= 15 is 0 Å². The molecule has 0 aromatic carbocycles. The number of aliphatic hydroxyl groups is 1. The molecule has 0 aromatic heterocycles. The molecular weight excluding hydrogens is 288 g/mol. The second kappa shape index (κ2) is 5.28. The van der Waals surface area contributed by atoms with Crippen LogP contribution < -0.4 is 0 Å². The molecule has 0 bridgehead atoms. The molecule has 2 fully saturated rings. The molecular formula is C15H30O5Si. The maximum atomic E-state index is 10.0. The minimum Gasteiger partial charge on any atom is -0.408 e. The smallest absolute Gasteiger partial charge is 0.192 e. The molecule has 124 valence electrons. The van der Waals surface area contributed by atoms with Gasteiger partial charge < -0.3 is 23.7 Å². The van der Waals surface area contributed by atoms with Crippen molar-refractivity contribution in [3.8, 4) is 0 Å². The summed E-state index contributed by atoms with van der Waals surface area (Å²) in [6.45, 7) is 16.4. The Balaban J connectivity index is 2.21. The SMILES string of the molecule is C[C@H](O)[C@@H]1O[C@H]2OC(C)(C)O[C@H]2[C@H]1O[Si](C)(C)C(C)(C)C. The zero-order valence-corrected chi connectivity index (χ0v) is 15.5. The van der Waals surface area contributed by atoms with Gasteiger partial charge in [-0.05, 0) is 38.9 Å². The van der Waals surface area contributed by atoms with Gasteiger partial charge in [0.25, 0.3) is 0 Å². The summed E-state index contributed by atoms with van der Waals surface area (Å²) >= 11 is 0. The Kier molecular flexibility index (Phi) is 4.37. The highest BCUT2D eigenvalue weighted by atomic mass is 28.4. The molecule has 2 rings (SSSR count). The van der Waals surface area contributed by atoms with Gasteiger partial charge in [-0.3, -0.25) is 0 Å². The van der Waals surface area contributed by atoms with Crippen molar-refractivity contribution < 1.29 is 23.7 Å². The lowest BCUT2D eigenvalue weighted by atomic mass is 10.1. The van der Waals surface area contributed by atoms with Gasteiger partial charge in [0.1, 0.15) is 18.3 Å². The highest BCUT2D eigenvalue weighted by Gasteiger charge is 2.58. The maximum Gasteiger partial charge on any atom is 0.192 e. The molecule has 21 heavy (non-hydrogen) atoms. The van der Waals surface area contributed by atoms with Crippen molar-refractivity contribution in [2.24, 2.45) is 0 Å². The quantitative estimate of drug-likeness (QED) is 0.811. The molecule has 0 amide bonds. The fraction of sp³-hybridized carbons (Fsp3) is 1.00. The average Bonchev–Trinajstić information content (AvgIpc) is 2.70. The molecule has 2 saturated heterocycles. The third-order valence-electron chi connectivity index (χ3n) is 4.74. The monoisotopic (exact) mass is 318 g/mol. The van der Waals surface area contributed by atoms with E-state index in [9.17, 15) is 5.11 Å². The molecule has 2 heterocycles. The molecule has 1 N–H and O–H groups in total. The van der Waals surface area contributed by atoms with E-state index in [4.69, 9.17) is 18.6 Å². The zero-order chi connectivity index (χ0) is 16.2. The first-order valence-electron chi connectivity index (χ1n) is 7.71. The fourth-order valence-corrected chi connectivity index (χ4v) is 3.85. The molecule has 0 spiro atoms. The van der Waals surface area contributed by atoms with Crippen molar-refractivity contribution in [3.63, 3.8) is 0 Å². The summed E-state index contributed by atoms with van der Waals surface area (Å²) in [7, 11) is -1.99. The molecule has 0 aromatic rings. The van der Waals surface area contributed by atoms with Gasteiger partial charge in [0.15, 0.2) is 20.4 Å². The predicted molar refractivity (Wildman–Crippen MR) is 82.4 cm³/mol. The highest BCUT2D eigenvalue weighted by molar-refractivity contribution is 6.74. The van der Waals surface area contributed by atoms with Gasteiger partial charge in [-0.15, -0.1) is 0 Å². The Morgan fingerprint density at radius 3 is 2.24 bits per heavy atom. The summed E-state index contributed by atoms with van der Waals surface area (Å²) in [6.07, 6.45) is -2.08. The topological polar surface area (TPSA) is 57.2 Å². The Bertz CT molecular complexity index is 388. The van der Waals surface area contributed by atoms with Crippen LogP contribution in [0.2, 0.25) is 18.1 Å². The van der Waals surface area contributed by atoms with Crippen molar-refractivity contribution in [1.29, 1.82) is 0 Å². The van der Waals surface area contributed by atoms with Gasteiger partial charge in [-0.25, -0.2) is 0 Å². The number of hydrogen-bond donors (Lipinski definition) is 1. The van der Waals surface area contributed by atoms with Crippen molar-refractivity contribution in [3.05, 3.63) is 0 Å². The number of fused-ring (bicyclic) bond motifs is 1. The highest BCUT2D eigenvalue weighted by Crippen LogP contribution is 2.44. The van der Waals surface area contributed by atoms with E-state index in [1.165, 1.54) is 0 Å². The number of hydrogen-bond acceptors (Lipinski definition) is 5. The van der Waals surface area contributed by atoms with Crippen molar-refractivity contribution in [2.75, 3.05) is 0 Å². The van der Waals surface area contributed by atoms with Crippen molar-refractivity contribution in [2.45, 2.75) is 96.2 Å². The van der Waals surface area contributed by atoms with Crippen LogP contribution in [0.1, 0.15) is 41.5 Å². The van der Waals surface area contributed by atoms with E-state index in [0.717, 1.165) is 0 Å². The van der Waals surface area contributed by atoms with Crippen molar-refractivity contribution >= 4 is 8.32 Å². The lowest BCUT2D eigenvalue weighted by molar-refractivity contribution is -0.223. The molecule has 0 saturated carbocycles. The second-order valence-corrected chi connectivity index (χ2v) is 12.9. The van der Waals surface area contributed by atoms with Crippen LogP contribution >= 0.6 is 0 Å². The van der Waals surface area contributed by atoms with E-state index in [1.807, 2.05) is 13.8 Å². The summed E-state index contributed by atoms with van der Waals surface area (Å²) in [6, 6.07) is 0.